The Morgan fingerprint density at radius 1 is 0.971 bits per heavy atom. The Labute approximate surface area is 204 Å². The maximum absolute atomic E-state index is 13.0. The van der Waals surface area contributed by atoms with Crippen LogP contribution in [0.1, 0.15) is 58.9 Å². The lowest BCUT2D eigenvalue weighted by Crippen LogP contribution is -2.17. The van der Waals surface area contributed by atoms with Crippen LogP contribution in [0.2, 0.25) is 0 Å². The number of nitrogens with zero attached hydrogens (tertiary/aromatic N) is 4. The molecule has 1 fully saturated rings. The van der Waals surface area contributed by atoms with Crippen molar-refractivity contribution in [2.24, 2.45) is 0 Å². The van der Waals surface area contributed by atoms with Crippen LogP contribution in [-0.4, -0.2) is 36.7 Å². The van der Waals surface area contributed by atoms with Gasteiger partial charge in [-0.25, -0.2) is 4.68 Å². The monoisotopic (exact) mass is 468 g/mol. The molecule has 0 bridgehead atoms. The van der Waals surface area contributed by atoms with Crippen molar-refractivity contribution >= 4 is 5.78 Å². The second-order valence-electron chi connectivity index (χ2n) is 9.03. The van der Waals surface area contributed by atoms with Crippen molar-refractivity contribution in [2.75, 3.05) is 0 Å². The molecule has 4 aromatic rings. The molecule has 0 aliphatic heterocycles. The van der Waals surface area contributed by atoms with Crippen molar-refractivity contribution in [3.05, 3.63) is 95.8 Å². The number of aromatic nitrogens is 4. The van der Waals surface area contributed by atoms with E-state index in [0.29, 0.717) is 17.2 Å². The van der Waals surface area contributed by atoms with E-state index in [1.54, 1.807) is 41.6 Å². The summed E-state index contributed by atoms with van der Waals surface area (Å²) >= 11 is 0. The normalized spacial score (nSPS) is 17.8. The molecule has 0 unspecified atom stereocenters. The molecule has 1 aromatic carbocycles. The summed E-state index contributed by atoms with van der Waals surface area (Å²) in [7, 11) is 0. The number of carbonyl (C=O) groups excluding carboxylic acids is 1. The van der Waals surface area contributed by atoms with Gasteiger partial charge in [-0.2, -0.15) is 5.10 Å². The number of ketones is 1. The fraction of sp³-hybridized carbons (Fsp3) is 0.286. The van der Waals surface area contributed by atoms with Gasteiger partial charge in [0, 0.05) is 36.6 Å². The summed E-state index contributed by atoms with van der Waals surface area (Å²) in [5, 5.41) is 14.2. The molecule has 3 heterocycles. The zero-order valence-electron chi connectivity index (χ0n) is 19.7. The molecule has 0 spiro atoms. The predicted octanol–water partition coefficient (Wildman–Crippen LogP) is 5.21. The highest BCUT2D eigenvalue weighted by Crippen LogP contribution is 2.32. The summed E-state index contributed by atoms with van der Waals surface area (Å²) in [6.45, 7) is 1.90. The first-order valence-corrected chi connectivity index (χ1v) is 12.0. The molecular weight excluding hydrogens is 440 g/mol. The second kappa shape index (κ2) is 10.2. The molecule has 5 rings (SSSR count). The number of ether oxygens (including phenoxy) is 1. The van der Waals surface area contributed by atoms with Crippen molar-refractivity contribution in [1.82, 2.24) is 19.7 Å². The Bertz CT molecular complexity index is 1280. The fourth-order valence-electron chi connectivity index (χ4n) is 4.58. The molecule has 0 saturated heterocycles. The van der Waals surface area contributed by atoms with Gasteiger partial charge >= 0.3 is 0 Å². The topological polar surface area (TPSA) is 90.1 Å². The molecule has 1 aliphatic rings. The minimum atomic E-state index is -0.175. The molecule has 1 saturated carbocycles. The zero-order valence-corrected chi connectivity index (χ0v) is 19.7. The van der Waals surface area contributed by atoms with Gasteiger partial charge in [0.2, 0.25) is 0 Å². The summed E-state index contributed by atoms with van der Waals surface area (Å²) in [5.74, 6) is 1.84. The molecule has 1 aliphatic carbocycles. The smallest absolute Gasteiger partial charge is 0.170 e. The van der Waals surface area contributed by atoms with Gasteiger partial charge in [-0.1, -0.05) is 6.07 Å². The number of hydrogen-bond donors (Lipinski definition) is 1. The van der Waals surface area contributed by atoms with E-state index in [2.05, 4.69) is 15.1 Å². The molecule has 0 amide bonds. The third-order valence-electron chi connectivity index (χ3n) is 6.60. The molecule has 0 atom stereocenters. The minimum Gasteiger partial charge on any atom is -0.457 e. The average Bonchev–Trinajstić information content (AvgIpc) is 3.27. The lowest BCUT2D eigenvalue weighted by Gasteiger charge is -2.24. The van der Waals surface area contributed by atoms with Gasteiger partial charge in [0.05, 0.1) is 29.2 Å². The van der Waals surface area contributed by atoms with Crippen LogP contribution in [0.3, 0.4) is 0 Å². The molecule has 7 heteroatoms. The van der Waals surface area contributed by atoms with Crippen molar-refractivity contribution < 1.29 is 14.6 Å². The van der Waals surface area contributed by atoms with Gasteiger partial charge in [0.25, 0.3) is 0 Å². The summed E-state index contributed by atoms with van der Waals surface area (Å²) in [5.41, 5.74) is 4.19. The number of rotatable bonds is 7. The van der Waals surface area contributed by atoms with E-state index in [-0.39, 0.29) is 18.3 Å². The Hall–Kier alpha value is -3.84. The lowest BCUT2D eigenvalue weighted by molar-refractivity contribution is 0.0992. The highest BCUT2D eigenvalue weighted by atomic mass is 16.5. The van der Waals surface area contributed by atoms with E-state index in [1.807, 2.05) is 43.3 Å². The summed E-state index contributed by atoms with van der Waals surface area (Å²) in [4.78, 5) is 21.6. The van der Waals surface area contributed by atoms with E-state index in [1.165, 1.54) is 0 Å². The first-order chi connectivity index (χ1) is 17.1. The third-order valence-corrected chi connectivity index (χ3v) is 6.60. The summed E-state index contributed by atoms with van der Waals surface area (Å²) < 4.78 is 7.59. The third kappa shape index (κ3) is 5.30. The molecule has 3 aromatic heterocycles. The van der Waals surface area contributed by atoms with Crippen LogP contribution < -0.4 is 4.74 Å². The Kier molecular flexibility index (Phi) is 6.68. The summed E-state index contributed by atoms with van der Waals surface area (Å²) in [6, 6.07) is 15.2. The van der Waals surface area contributed by atoms with Gasteiger partial charge in [-0.05, 0) is 80.6 Å². The van der Waals surface area contributed by atoms with E-state index >= 15 is 0 Å². The van der Waals surface area contributed by atoms with Crippen LogP contribution in [0, 0.1) is 6.92 Å². The van der Waals surface area contributed by atoms with Gasteiger partial charge in [0.1, 0.15) is 11.5 Å². The van der Waals surface area contributed by atoms with Crippen LogP contribution in [0.15, 0.2) is 73.3 Å². The molecule has 178 valence electrons. The van der Waals surface area contributed by atoms with E-state index in [9.17, 15) is 9.90 Å². The molecular formula is C28H28N4O3. The highest BCUT2D eigenvalue weighted by molar-refractivity contribution is 5.98. The second-order valence-corrected chi connectivity index (χ2v) is 9.03. The van der Waals surface area contributed by atoms with E-state index < -0.39 is 0 Å². The first-order valence-electron chi connectivity index (χ1n) is 12.0. The van der Waals surface area contributed by atoms with E-state index in [0.717, 1.165) is 54.1 Å². The van der Waals surface area contributed by atoms with Crippen LogP contribution >= 0.6 is 0 Å². The number of benzene rings is 1. The lowest BCUT2D eigenvalue weighted by atomic mass is 9.85. The molecule has 35 heavy (non-hydrogen) atoms. The predicted molar refractivity (Wildman–Crippen MR) is 132 cm³/mol. The van der Waals surface area contributed by atoms with Crippen LogP contribution in [0.5, 0.6) is 11.5 Å². The Morgan fingerprint density at radius 3 is 2.37 bits per heavy atom. The van der Waals surface area contributed by atoms with Crippen molar-refractivity contribution in [2.45, 2.75) is 51.0 Å². The Balaban J connectivity index is 1.24. The maximum Gasteiger partial charge on any atom is 0.170 e. The number of aliphatic hydroxyl groups is 1. The van der Waals surface area contributed by atoms with Crippen molar-refractivity contribution in [3.63, 3.8) is 0 Å². The molecule has 0 radical (unpaired) electrons. The maximum atomic E-state index is 13.0. The number of Topliss-reactive ketones (excluding diaryl/α,β-unsaturated/α-hetero) is 1. The van der Waals surface area contributed by atoms with Crippen LogP contribution in [0.25, 0.3) is 5.69 Å². The van der Waals surface area contributed by atoms with E-state index in [4.69, 9.17) is 4.74 Å². The van der Waals surface area contributed by atoms with Crippen molar-refractivity contribution in [3.8, 4) is 17.2 Å². The standard InChI is InChI=1S/C28H28N4O3/c1-19-26(28(34)16-20-2-11-27(30-17-20)21-3-7-23(33)8-4-21)18-31-32(19)22-5-9-24(10-6-22)35-25-12-14-29-15-13-25/h2,5-6,9-15,17-18,21,23,33H,3-4,7-8,16H2,1H3. The quantitative estimate of drug-likeness (QED) is 0.375. The van der Waals surface area contributed by atoms with Crippen molar-refractivity contribution in [1.29, 1.82) is 0 Å². The molecule has 1 N–H and O–H groups in total. The van der Waals surface area contributed by atoms with Crippen LogP contribution in [0.4, 0.5) is 0 Å². The number of carbonyl (C=O) groups is 1. The van der Waals surface area contributed by atoms with Gasteiger partial charge in [0.15, 0.2) is 5.78 Å². The number of pyridine rings is 2. The molecule has 7 nitrogen and oxygen atoms in total. The number of aliphatic hydroxyl groups excluding tert-OH is 1. The largest absolute Gasteiger partial charge is 0.457 e. The summed E-state index contributed by atoms with van der Waals surface area (Å²) in [6.07, 6.45) is 10.5. The first kappa shape index (κ1) is 22.9. The SMILES string of the molecule is Cc1c(C(=O)Cc2ccc(C3CCC(O)CC3)nc2)cnn1-c1ccc(Oc2ccncc2)cc1. The fourth-order valence-corrected chi connectivity index (χ4v) is 4.58. The Morgan fingerprint density at radius 2 is 1.69 bits per heavy atom. The minimum absolute atomic E-state index is 0.0155. The highest BCUT2D eigenvalue weighted by Gasteiger charge is 2.22. The average molecular weight is 469 g/mol. The van der Waals surface area contributed by atoms with Gasteiger partial charge in [-0.3, -0.25) is 14.8 Å². The van der Waals surface area contributed by atoms with Gasteiger partial charge in [-0.15, -0.1) is 0 Å². The van der Waals surface area contributed by atoms with Gasteiger partial charge < -0.3 is 9.84 Å². The number of hydrogen-bond acceptors (Lipinski definition) is 6. The zero-order chi connectivity index (χ0) is 24.2. The van der Waals surface area contributed by atoms with Crippen LogP contribution in [-0.2, 0) is 6.42 Å².